The Balaban J connectivity index is 2.29. The first-order valence-corrected chi connectivity index (χ1v) is 11.2. The lowest BCUT2D eigenvalue weighted by Gasteiger charge is -2.30. The average molecular weight is 403 g/mol. The third-order valence-electron chi connectivity index (χ3n) is 4.94. The topological polar surface area (TPSA) is 66.5 Å². The van der Waals surface area contributed by atoms with Crippen molar-refractivity contribution in [3.05, 3.63) is 64.2 Å². The number of hydrogen-bond donors (Lipinski definition) is 1. The van der Waals surface area contributed by atoms with Crippen LogP contribution in [0.25, 0.3) is 0 Å². The SMILES string of the molecule is Cc1cc(C)cc(N([C@@H](C)C(=O)N[C@H](C)c2ccc(C)c(C)c2)S(C)(=O)=O)c1. The van der Waals surface area contributed by atoms with Crippen LogP contribution in [0.5, 0.6) is 0 Å². The number of hydrogen-bond acceptors (Lipinski definition) is 3. The van der Waals surface area contributed by atoms with Crippen LogP contribution >= 0.6 is 0 Å². The molecule has 0 aliphatic heterocycles. The van der Waals surface area contributed by atoms with Gasteiger partial charge in [-0.15, -0.1) is 0 Å². The third kappa shape index (κ3) is 5.13. The Bertz CT molecular complexity index is 963. The van der Waals surface area contributed by atoms with Crippen LogP contribution < -0.4 is 9.62 Å². The molecule has 2 atom stereocenters. The number of aryl methyl sites for hydroxylation is 4. The fourth-order valence-corrected chi connectivity index (χ4v) is 4.50. The van der Waals surface area contributed by atoms with Crippen molar-refractivity contribution in [2.24, 2.45) is 0 Å². The predicted molar refractivity (Wildman–Crippen MR) is 115 cm³/mol. The minimum absolute atomic E-state index is 0.227. The number of benzene rings is 2. The van der Waals surface area contributed by atoms with Crippen LogP contribution in [0.1, 0.15) is 47.7 Å². The Kier molecular flexibility index (Phi) is 6.55. The number of carbonyl (C=O) groups is 1. The van der Waals surface area contributed by atoms with Gasteiger partial charge in [-0.2, -0.15) is 0 Å². The summed E-state index contributed by atoms with van der Waals surface area (Å²) in [5, 5.41) is 2.95. The molecule has 0 radical (unpaired) electrons. The highest BCUT2D eigenvalue weighted by Gasteiger charge is 2.30. The summed E-state index contributed by atoms with van der Waals surface area (Å²) in [4.78, 5) is 12.9. The molecule has 28 heavy (non-hydrogen) atoms. The van der Waals surface area contributed by atoms with Crippen molar-refractivity contribution >= 4 is 21.6 Å². The molecule has 0 heterocycles. The van der Waals surface area contributed by atoms with Crippen LogP contribution in [-0.4, -0.2) is 26.6 Å². The first-order chi connectivity index (χ1) is 12.9. The van der Waals surface area contributed by atoms with E-state index in [1.54, 1.807) is 19.1 Å². The summed E-state index contributed by atoms with van der Waals surface area (Å²) in [5.74, 6) is -0.338. The molecule has 0 bridgehead atoms. The largest absolute Gasteiger partial charge is 0.348 e. The maximum atomic E-state index is 12.9. The summed E-state index contributed by atoms with van der Waals surface area (Å²) in [5.41, 5.74) is 5.72. The van der Waals surface area contributed by atoms with Gasteiger partial charge in [-0.25, -0.2) is 8.42 Å². The lowest BCUT2D eigenvalue weighted by Crippen LogP contribution is -2.48. The summed E-state index contributed by atoms with van der Waals surface area (Å²) in [7, 11) is -3.64. The molecule has 2 aromatic carbocycles. The second-order valence-corrected chi connectivity index (χ2v) is 9.51. The lowest BCUT2D eigenvalue weighted by atomic mass is 10.0. The zero-order valence-corrected chi connectivity index (χ0v) is 18.5. The minimum Gasteiger partial charge on any atom is -0.348 e. The summed E-state index contributed by atoms with van der Waals surface area (Å²) in [6.45, 7) is 11.4. The Morgan fingerprint density at radius 2 is 1.50 bits per heavy atom. The molecule has 0 aliphatic rings. The summed E-state index contributed by atoms with van der Waals surface area (Å²) in [6.07, 6.45) is 1.13. The molecule has 152 valence electrons. The molecule has 0 aromatic heterocycles. The molecule has 6 heteroatoms. The van der Waals surface area contributed by atoms with Crippen molar-refractivity contribution in [3.63, 3.8) is 0 Å². The van der Waals surface area contributed by atoms with Gasteiger partial charge in [0.2, 0.25) is 15.9 Å². The molecule has 5 nitrogen and oxygen atoms in total. The molecule has 1 amide bonds. The van der Waals surface area contributed by atoms with Gasteiger partial charge in [-0.3, -0.25) is 9.10 Å². The third-order valence-corrected chi connectivity index (χ3v) is 6.18. The van der Waals surface area contributed by atoms with E-state index in [9.17, 15) is 13.2 Å². The van der Waals surface area contributed by atoms with Gasteiger partial charge >= 0.3 is 0 Å². The van der Waals surface area contributed by atoms with E-state index in [2.05, 4.69) is 5.32 Å². The van der Waals surface area contributed by atoms with Crippen molar-refractivity contribution in [2.45, 2.75) is 53.6 Å². The van der Waals surface area contributed by atoms with Gasteiger partial charge in [0.15, 0.2) is 0 Å². The maximum absolute atomic E-state index is 12.9. The second-order valence-electron chi connectivity index (χ2n) is 7.65. The number of carbonyl (C=O) groups excluding carboxylic acids is 1. The van der Waals surface area contributed by atoms with Crippen LogP contribution in [-0.2, 0) is 14.8 Å². The molecular weight excluding hydrogens is 372 g/mol. The molecule has 1 N–H and O–H groups in total. The molecule has 0 aliphatic carbocycles. The number of nitrogens with one attached hydrogen (secondary N) is 1. The number of nitrogens with zero attached hydrogens (tertiary/aromatic N) is 1. The normalized spacial score (nSPS) is 13.7. The highest BCUT2D eigenvalue weighted by Crippen LogP contribution is 2.24. The maximum Gasteiger partial charge on any atom is 0.244 e. The van der Waals surface area contributed by atoms with Crippen molar-refractivity contribution in [2.75, 3.05) is 10.6 Å². The first kappa shape index (κ1) is 22.0. The van der Waals surface area contributed by atoms with E-state index in [1.165, 1.54) is 9.87 Å². The van der Waals surface area contributed by atoms with Crippen LogP contribution in [0, 0.1) is 27.7 Å². The molecule has 0 saturated carbocycles. The number of sulfonamides is 1. The summed E-state index contributed by atoms with van der Waals surface area (Å²) in [6, 6.07) is 10.5. The molecule has 0 unspecified atom stereocenters. The standard InChI is InChI=1S/C22H30N2O3S/c1-14-10-15(2)12-21(11-14)24(28(7,26)27)19(6)22(25)23-18(5)20-9-8-16(3)17(4)13-20/h8-13,18-19H,1-7H3,(H,23,25)/t18-,19+/m1/s1. The van der Waals surface area contributed by atoms with Gasteiger partial charge in [-0.1, -0.05) is 24.3 Å². The van der Waals surface area contributed by atoms with Crippen molar-refractivity contribution in [3.8, 4) is 0 Å². The number of amides is 1. The lowest BCUT2D eigenvalue weighted by molar-refractivity contribution is -0.122. The molecular formula is C22H30N2O3S. The van der Waals surface area contributed by atoms with Crippen LogP contribution in [0.3, 0.4) is 0 Å². The second kappa shape index (κ2) is 8.35. The van der Waals surface area contributed by atoms with Crippen molar-refractivity contribution < 1.29 is 13.2 Å². The monoisotopic (exact) mass is 402 g/mol. The van der Waals surface area contributed by atoms with Gasteiger partial charge in [0.1, 0.15) is 6.04 Å². The molecule has 2 rings (SSSR count). The zero-order valence-electron chi connectivity index (χ0n) is 17.7. The smallest absolute Gasteiger partial charge is 0.244 e. The highest BCUT2D eigenvalue weighted by atomic mass is 32.2. The Morgan fingerprint density at radius 1 is 0.929 bits per heavy atom. The quantitative estimate of drug-likeness (QED) is 0.795. The molecule has 2 aromatic rings. The van der Waals surface area contributed by atoms with E-state index in [0.29, 0.717) is 5.69 Å². The molecule has 0 saturated heterocycles. The Hall–Kier alpha value is -2.34. The highest BCUT2D eigenvalue weighted by molar-refractivity contribution is 7.92. The van der Waals surface area contributed by atoms with Crippen LogP contribution in [0.15, 0.2) is 36.4 Å². The Morgan fingerprint density at radius 3 is 2.00 bits per heavy atom. The fourth-order valence-electron chi connectivity index (χ4n) is 3.34. The van der Waals surface area contributed by atoms with E-state index in [0.717, 1.165) is 28.5 Å². The van der Waals surface area contributed by atoms with Crippen LogP contribution in [0.4, 0.5) is 5.69 Å². The fraction of sp³-hybridized carbons (Fsp3) is 0.409. The van der Waals surface area contributed by atoms with E-state index < -0.39 is 16.1 Å². The van der Waals surface area contributed by atoms with E-state index in [1.807, 2.05) is 58.9 Å². The van der Waals surface area contributed by atoms with Gasteiger partial charge in [0.25, 0.3) is 0 Å². The van der Waals surface area contributed by atoms with Gasteiger partial charge in [0, 0.05) is 0 Å². The predicted octanol–water partition coefficient (Wildman–Crippen LogP) is 3.95. The van der Waals surface area contributed by atoms with E-state index in [-0.39, 0.29) is 11.9 Å². The van der Waals surface area contributed by atoms with Crippen molar-refractivity contribution in [1.82, 2.24) is 5.32 Å². The van der Waals surface area contributed by atoms with Gasteiger partial charge in [0.05, 0.1) is 18.0 Å². The number of anilines is 1. The average Bonchev–Trinajstić information content (AvgIpc) is 2.55. The van der Waals surface area contributed by atoms with E-state index >= 15 is 0 Å². The molecule has 0 spiro atoms. The summed E-state index contributed by atoms with van der Waals surface area (Å²) >= 11 is 0. The van der Waals surface area contributed by atoms with Gasteiger partial charge < -0.3 is 5.32 Å². The van der Waals surface area contributed by atoms with Crippen molar-refractivity contribution in [1.29, 1.82) is 0 Å². The Labute approximate surface area is 168 Å². The molecule has 0 fully saturated rings. The minimum atomic E-state index is -3.64. The zero-order chi connectivity index (χ0) is 21.2. The first-order valence-electron chi connectivity index (χ1n) is 9.35. The number of rotatable bonds is 6. The van der Waals surface area contributed by atoms with Crippen LogP contribution in [0.2, 0.25) is 0 Å². The van der Waals surface area contributed by atoms with Gasteiger partial charge in [-0.05, 0) is 81.5 Å². The van der Waals surface area contributed by atoms with E-state index in [4.69, 9.17) is 0 Å². The summed E-state index contributed by atoms with van der Waals surface area (Å²) < 4.78 is 26.2.